The van der Waals surface area contributed by atoms with Gasteiger partial charge in [0.25, 0.3) is 11.7 Å². The van der Waals surface area contributed by atoms with Gasteiger partial charge >= 0.3 is 0 Å². The highest BCUT2D eigenvalue weighted by Crippen LogP contribution is 2.40. The summed E-state index contributed by atoms with van der Waals surface area (Å²) in [5.74, 6) is -0.118. The Hall–Kier alpha value is -3.62. The van der Waals surface area contributed by atoms with Gasteiger partial charge in [-0.3, -0.25) is 14.5 Å². The summed E-state index contributed by atoms with van der Waals surface area (Å²) in [5, 5.41) is 11.4. The topological polar surface area (TPSA) is 88.5 Å². The largest absolute Gasteiger partial charge is 0.507 e. The van der Waals surface area contributed by atoms with Crippen molar-refractivity contribution in [1.82, 2.24) is 9.80 Å². The molecule has 2 saturated heterocycles. The average molecular weight is 521 g/mol. The standard InChI is InChI=1S/C30H36N2O6/c1-4-17-38-24-10-7-22(8-11-24)27-26(28(33)23-9-12-25(37-5-2)21(3)20-23)29(34)30(35)32(27)14-6-13-31-15-18-36-19-16-31/h4,7-12,20,27,33H,1,5-6,13-19H2,2-3H3. The number of carbonyl (C=O) groups excluding carboxylic acids is 2. The first-order valence-electron chi connectivity index (χ1n) is 13.1. The molecule has 38 heavy (non-hydrogen) atoms. The molecule has 1 atom stereocenters. The molecule has 2 aliphatic rings. The van der Waals surface area contributed by atoms with E-state index in [0.717, 1.165) is 30.8 Å². The molecule has 0 aromatic heterocycles. The summed E-state index contributed by atoms with van der Waals surface area (Å²) in [6, 6.07) is 11.8. The predicted octanol–water partition coefficient (Wildman–Crippen LogP) is 4.10. The first kappa shape index (κ1) is 27.4. The zero-order valence-corrected chi connectivity index (χ0v) is 22.2. The van der Waals surface area contributed by atoms with E-state index in [4.69, 9.17) is 14.2 Å². The van der Waals surface area contributed by atoms with E-state index < -0.39 is 17.7 Å². The minimum Gasteiger partial charge on any atom is -0.507 e. The molecule has 1 unspecified atom stereocenters. The minimum absolute atomic E-state index is 0.0877. The number of hydrogen-bond donors (Lipinski definition) is 1. The molecule has 2 heterocycles. The quantitative estimate of drug-likeness (QED) is 0.207. The Kier molecular flexibility index (Phi) is 9.20. The molecule has 2 aliphatic heterocycles. The second-order valence-electron chi connectivity index (χ2n) is 9.38. The molecule has 8 heteroatoms. The molecular weight excluding hydrogens is 484 g/mol. The normalized spacial score (nSPS) is 19.5. The number of benzene rings is 2. The van der Waals surface area contributed by atoms with Crippen LogP contribution in [0.2, 0.25) is 0 Å². The monoisotopic (exact) mass is 520 g/mol. The van der Waals surface area contributed by atoms with Crippen LogP contribution in [0.3, 0.4) is 0 Å². The van der Waals surface area contributed by atoms with E-state index in [9.17, 15) is 14.7 Å². The van der Waals surface area contributed by atoms with Crippen molar-refractivity contribution < 1.29 is 28.9 Å². The molecule has 2 fully saturated rings. The number of nitrogens with zero attached hydrogens (tertiary/aromatic N) is 2. The Morgan fingerprint density at radius 3 is 2.50 bits per heavy atom. The summed E-state index contributed by atoms with van der Waals surface area (Å²) in [6.45, 7) is 12.6. The van der Waals surface area contributed by atoms with E-state index in [1.54, 1.807) is 41.3 Å². The molecule has 1 N–H and O–H groups in total. The first-order chi connectivity index (χ1) is 18.4. The van der Waals surface area contributed by atoms with Crippen molar-refractivity contribution in [3.63, 3.8) is 0 Å². The number of morpholine rings is 1. The highest BCUT2D eigenvalue weighted by atomic mass is 16.5. The van der Waals surface area contributed by atoms with Crippen LogP contribution in [0.1, 0.15) is 36.1 Å². The van der Waals surface area contributed by atoms with Crippen molar-refractivity contribution in [3.05, 3.63) is 77.4 Å². The number of amides is 1. The number of ketones is 1. The lowest BCUT2D eigenvalue weighted by Crippen LogP contribution is -2.38. The molecule has 202 valence electrons. The van der Waals surface area contributed by atoms with Gasteiger partial charge in [0.05, 0.1) is 31.4 Å². The fourth-order valence-corrected chi connectivity index (χ4v) is 4.92. The Labute approximate surface area is 224 Å². The number of hydrogen-bond acceptors (Lipinski definition) is 7. The summed E-state index contributed by atoms with van der Waals surface area (Å²) < 4.78 is 16.6. The molecule has 8 nitrogen and oxygen atoms in total. The molecular formula is C30H36N2O6. The van der Waals surface area contributed by atoms with Gasteiger partial charge in [-0.25, -0.2) is 0 Å². The SMILES string of the molecule is C=CCOc1ccc(C2C(=C(O)c3ccc(OCC)c(C)c3)C(=O)C(=O)N2CCCN2CCOCC2)cc1. The number of Topliss-reactive ketones (excluding diaryl/α,β-unsaturated/α-hetero) is 1. The van der Waals surface area contributed by atoms with Gasteiger partial charge in [-0.15, -0.1) is 0 Å². The molecule has 0 spiro atoms. The third-order valence-corrected chi connectivity index (χ3v) is 6.83. The lowest BCUT2D eigenvalue weighted by molar-refractivity contribution is -0.140. The van der Waals surface area contributed by atoms with Gasteiger partial charge < -0.3 is 24.2 Å². The van der Waals surface area contributed by atoms with Crippen LogP contribution in [0, 0.1) is 6.92 Å². The molecule has 2 aromatic rings. The number of aliphatic hydroxyl groups is 1. The third-order valence-electron chi connectivity index (χ3n) is 6.83. The smallest absolute Gasteiger partial charge is 0.295 e. The van der Waals surface area contributed by atoms with Crippen LogP contribution in [0.25, 0.3) is 5.76 Å². The minimum atomic E-state index is -0.708. The van der Waals surface area contributed by atoms with Crippen molar-refractivity contribution >= 4 is 17.4 Å². The van der Waals surface area contributed by atoms with Gasteiger partial charge in [-0.2, -0.15) is 0 Å². The first-order valence-corrected chi connectivity index (χ1v) is 13.1. The van der Waals surface area contributed by atoms with Gasteiger partial charge in [0.15, 0.2) is 0 Å². The summed E-state index contributed by atoms with van der Waals surface area (Å²) in [5.41, 5.74) is 2.11. The van der Waals surface area contributed by atoms with Gasteiger partial charge in [0.1, 0.15) is 23.9 Å². The van der Waals surface area contributed by atoms with E-state index in [-0.39, 0.29) is 11.3 Å². The summed E-state index contributed by atoms with van der Waals surface area (Å²) in [4.78, 5) is 30.5. The maximum Gasteiger partial charge on any atom is 0.295 e. The van der Waals surface area contributed by atoms with Gasteiger partial charge in [0.2, 0.25) is 0 Å². The Morgan fingerprint density at radius 1 is 1.11 bits per heavy atom. The van der Waals surface area contributed by atoms with Gasteiger partial charge in [0, 0.05) is 31.7 Å². The van der Waals surface area contributed by atoms with E-state index in [2.05, 4.69) is 11.5 Å². The van der Waals surface area contributed by atoms with Crippen molar-refractivity contribution in [3.8, 4) is 11.5 Å². The predicted molar refractivity (Wildman–Crippen MR) is 145 cm³/mol. The van der Waals surface area contributed by atoms with Crippen molar-refractivity contribution in [1.29, 1.82) is 0 Å². The summed E-state index contributed by atoms with van der Waals surface area (Å²) in [7, 11) is 0. The van der Waals surface area contributed by atoms with Crippen LogP contribution in [0.5, 0.6) is 11.5 Å². The third kappa shape index (κ3) is 6.09. The second-order valence-corrected chi connectivity index (χ2v) is 9.38. The lowest BCUT2D eigenvalue weighted by Gasteiger charge is -2.29. The second kappa shape index (κ2) is 12.8. The van der Waals surface area contributed by atoms with Crippen LogP contribution in [-0.2, 0) is 14.3 Å². The van der Waals surface area contributed by atoms with Crippen molar-refractivity contribution in [2.75, 3.05) is 52.6 Å². The van der Waals surface area contributed by atoms with Crippen LogP contribution in [0.15, 0.2) is 60.7 Å². The summed E-state index contributed by atoms with van der Waals surface area (Å²) >= 11 is 0. The number of aliphatic hydroxyl groups excluding tert-OH is 1. The lowest BCUT2D eigenvalue weighted by atomic mass is 9.94. The maximum atomic E-state index is 13.3. The average Bonchev–Trinajstić information content (AvgIpc) is 3.18. The van der Waals surface area contributed by atoms with E-state index in [1.165, 1.54) is 0 Å². The molecule has 0 bridgehead atoms. The Bertz CT molecular complexity index is 1180. The molecule has 0 radical (unpaired) electrons. The molecule has 0 aliphatic carbocycles. The highest BCUT2D eigenvalue weighted by Gasteiger charge is 2.45. The Balaban J connectivity index is 1.67. The van der Waals surface area contributed by atoms with Crippen LogP contribution in [0.4, 0.5) is 0 Å². The fourth-order valence-electron chi connectivity index (χ4n) is 4.92. The molecule has 4 rings (SSSR count). The number of ether oxygens (including phenoxy) is 3. The van der Waals surface area contributed by atoms with Crippen molar-refractivity contribution in [2.45, 2.75) is 26.3 Å². The highest BCUT2D eigenvalue weighted by molar-refractivity contribution is 6.46. The van der Waals surface area contributed by atoms with Crippen LogP contribution >= 0.6 is 0 Å². The Morgan fingerprint density at radius 2 is 1.84 bits per heavy atom. The zero-order valence-electron chi connectivity index (χ0n) is 22.2. The number of likely N-dealkylation sites (tertiary alicyclic amines) is 1. The number of carbonyl (C=O) groups is 2. The number of aryl methyl sites for hydroxylation is 1. The number of rotatable bonds is 11. The van der Waals surface area contributed by atoms with E-state index >= 15 is 0 Å². The van der Waals surface area contributed by atoms with Gasteiger partial charge in [-0.1, -0.05) is 24.8 Å². The van der Waals surface area contributed by atoms with Gasteiger partial charge in [-0.05, 0) is 61.7 Å². The van der Waals surface area contributed by atoms with Crippen LogP contribution in [-0.4, -0.2) is 79.2 Å². The molecule has 2 aromatic carbocycles. The fraction of sp³-hybridized carbons (Fsp3) is 0.400. The molecule has 0 saturated carbocycles. The summed E-state index contributed by atoms with van der Waals surface area (Å²) in [6.07, 6.45) is 2.36. The van der Waals surface area contributed by atoms with Crippen LogP contribution < -0.4 is 9.47 Å². The van der Waals surface area contributed by atoms with E-state index in [1.807, 2.05) is 26.0 Å². The molecule has 1 amide bonds. The van der Waals surface area contributed by atoms with Crippen molar-refractivity contribution in [2.24, 2.45) is 0 Å². The maximum absolute atomic E-state index is 13.3. The van der Waals surface area contributed by atoms with E-state index in [0.29, 0.717) is 56.5 Å². The zero-order chi connectivity index (χ0) is 27.1.